The first-order chi connectivity index (χ1) is 17.0. The van der Waals surface area contributed by atoms with Crippen molar-refractivity contribution in [1.82, 2.24) is 15.2 Å². The minimum atomic E-state index is -0.441. The van der Waals surface area contributed by atoms with Crippen molar-refractivity contribution in [2.75, 3.05) is 44.3 Å². The van der Waals surface area contributed by atoms with E-state index in [9.17, 15) is 9.90 Å². The third-order valence-electron chi connectivity index (χ3n) is 6.51. The summed E-state index contributed by atoms with van der Waals surface area (Å²) in [6, 6.07) is 8.01. The van der Waals surface area contributed by atoms with Crippen molar-refractivity contribution >= 4 is 23.3 Å². The molecule has 9 heteroatoms. The summed E-state index contributed by atoms with van der Waals surface area (Å²) < 4.78 is 11.6. The SMILES string of the molecule is CCOc1cc(CN(c2ccc(C(=O)N3CC[C@@H](O)C3)cn2)C2CCNCC2)cc(OCC)c1Cl. The van der Waals surface area contributed by atoms with Gasteiger partial charge in [-0.3, -0.25) is 4.79 Å². The van der Waals surface area contributed by atoms with Crippen LogP contribution in [0.1, 0.15) is 49.0 Å². The van der Waals surface area contributed by atoms with Crippen LogP contribution in [0, 0.1) is 0 Å². The molecule has 8 nitrogen and oxygen atoms in total. The van der Waals surface area contributed by atoms with Gasteiger partial charge in [-0.2, -0.15) is 0 Å². The van der Waals surface area contributed by atoms with Crippen molar-refractivity contribution in [2.24, 2.45) is 0 Å². The molecule has 0 spiro atoms. The number of pyridine rings is 1. The number of hydrogen-bond acceptors (Lipinski definition) is 7. The predicted molar refractivity (Wildman–Crippen MR) is 137 cm³/mol. The maximum Gasteiger partial charge on any atom is 0.255 e. The third-order valence-corrected chi connectivity index (χ3v) is 6.88. The fraction of sp³-hybridized carbons (Fsp3) is 0.538. The van der Waals surface area contributed by atoms with Crippen LogP contribution in [0.15, 0.2) is 30.5 Å². The van der Waals surface area contributed by atoms with Gasteiger partial charge in [0.1, 0.15) is 22.3 Å². The van der Waals surface area contributed by atoms with E-state index in [0.29, 0.717) is 67.4 Å². The van der Waals surface area contributed by atoms with E-state index in [1.807, 2.05) is 38.1 Å². The van der Waals surface area contributed by atoms with Crippen LogP contribution in [-0.4, -0.2) is 72.4 Å². The summed E-state index contributed by atoms with van der Waals surface area (Å²) in [4.78, 5) is 21.5. The van der Waals surface area contributed by atoms with Crippen LogP contribution in [0.3, 0.4) is 0 Å². The number of piperidine rings is 1. The lowest BCUT2D eigenvalue weighted by atomic mass is 10.0. The first-order valence-electron chi connectivity index (χ1n) is 12.5. The molecule has 0 saturated carbocycles. The molecule has 2 aliphatic rings. The first kappa shape index (κ1) is 25.5. The molecule has 35 heavy (non-hydrogen) atoms. The zero-order chi connectivity index (χ0) is 24.8. The number of anilines is 1. The Labute approximate surface area is 212 Å². The van der Waals surface area contributed by atoms with E-state index in [2.05, 4.69) is 10.2 Å². The Morgan fingerprint density at radius 1 is 1.17 bits per heavy atom. The predicted octanol–water partition coefficient (Wildman–Crippen LogP) is 3.50. The van der Waals surface area contributed by atoms with E-state index in [4.69, 9.17) is 26.1 Å². The lowest BCUT2D eigenvalue weighted by molar-refractivity contribution is 0.0764. The zero-order valence-corrected chi connectivity index (χ0v) is 21.3. The summed E-state index contributed by atoms with van der Waals surface area (Å²) in [5.74, 6) is 1.96. The van der Waals surface area contributed by atoms with Crippen LogP contribution in [0.2, 0.25) is 5.02 Å². The Morgan fingerprint density at radius 2 is 1.86 bits per heavy atom. The van der Waals surface area contributed by atoms with E-state index in [1.54, 1.807) is 11.1 Å². The summed E-state index contributed by atoms with van der Waals surface area (Å²) >= 11 is 6.51. The molecule has 190 valence electrons. The molecule has 1 aromatic heterocycles. The molecule has 2 aromatic rings. The number of likely N-dealkylation sites (tertiary alicyclic amines) is 1. The molecule has 3 heterocycles. The smallest absolute Gasteiger partial charge is 0.255 e. The highest BCUT2D eigenvalue weighted by molar-refractivity contribution is 6.33. The number of ether oxygens (including phenoxy) is 2. The summed E-state index contributed by atoms with van der Waals surface area (Å²) in [5.41, 5.74) is 1.56. The fourth-order valence-corrected chi connectivity index (χ4v) is 4.96. The molecular formula is C26H35ClN4O4. The molecule has 0 unspecified atom stereocenters. The molecule has 1 amide bonds. The molecule has 2 aliphatic heterocycles. The number of benzene rings is 1. The van der Waals surface area contributed by atoms with Gasteiger partial charge >= 0.3 is 0 Å². The Bertz CT molecular complexity index is 970. The van der Waals surface area contributed by atoms with Crippen molar-refractivity contribution in [2.45, 2.75) is 51.8 Å². The Kier molecular flexibility index (Phi) is 8.70. The summed E-state index contributed by atoms with van der Waals surface area (Å²) in [7, 11) is 0. The van der Waals surface area contributed by atoms with Gasteiger partial charge in [0.25, 0.3) is 5.91 Å². The maximum absolute atomic E-state index is 12.8. The standard InChI is InChI=1S/C26H35ClN4O4/c1-3-34-22-13-18(14-23(25(22)27)35-4-2)16-31(20-7-10-28-11-8-20)24-6-5-19(15-29-24)26(33)30-12-9-21(32)17-30/h5-6,13-15,20-21,28,32H,3-4,7-12,16-17H2,1-2H3/t21-/m1/s1. The summed E-state index contributed by atoms with van der Waals surface area (Å²) in [5, 5.41) is 13.7. The zero-order valence-electron chi connectivity index (χ0n) is 20.5. The number of aromatic nitrogens is 1. The Balaban J connectivity index is 1.60. The normalized spacial score (nSPS) is 18.5. The van der Waals surface area contributed by atoms with Crippen LogP contribution in [0.5, 0.6) is 11.5 Å². The minimum Gasteiger partial charge on any atom is -0.492 e. The van der Waals surface area contributed by atoms with Gasteiger partial charge in [0.05, 0.1) is 24.9 Å². The van der Waals surface area contributed by atoms with E-state index in [0.717, 1.165) is 37.3 Å². The van der Waals surface area contributed by atoms with E-state index < -0.39 is 6.10 Å². The monoisotopic (exact) mass is 502 g/mol. The summed E-state index contributed by atoms with van der Waals surface area (Å²) in [6.07, 6.45) is 3.82. The van der Waals surface area contributed by atoms with Crippen molar-refractivity contribution in [3.63, 3.8) is 0 Å². The van der Waals surface area contributed by atoms with Crippen molar-refractivity contribution < 1.29 is 19.4 Å². The van der Waals surface area contributed by atoms with Gasteiger partial charge in [-0.25, -0.2) is 4.98 Å². The number of nitrogens with one attached hydrogen (secondary N) is 1. The molecule has 2 saturated heterocycles. The second-order valence-corrected chi connectivity index (χ2v) is 9.36. The lowest BCUT2D eigenvalue weighted by Gasteiger charge is -2.36. The number of hydrogen-bond donors (Lipinski definition) is 2. The molecule has 4 rings (SSSR count). The number of rotatable bonds is 9. The van der Waals surface area contributed by atoms with Crippen LogP contribution >= 0.6 is 11.6 Å². The largest absolute Gasteiger partial charge is 0.492 e. The highest BCUT2D eigenvalue weighted by Gasteiger charge is 2.27. The van der Waals surface area contributed by atoms with Gasteiger partial charge in [0.15, 0.2) is 0 Å². The molecule has 0 aliphatic carbocycles. The van der Waals surface area contributed by atoms with Gasteiger partial charge < -0.3 is 29.7 Å². The molecule has 2 N–H and O–H groups in total. The highest BCUT2D eigenvalue weighted by Crippen LogP contribution is 2.37. The average molecular weight is 503 g/mol. The number of carbonyl (C=O) groups is 1. The number of carbonyl (C=O) groups excluding carboxylic acids is 1. The van der Waals surface area contributed by atoms with Gasteiger partial charge in [-0.05, 0) is 76.0 Å². The number of β-amino-alcohol motifs (C(OH)–C–C–N with tert-alkyl or cyclic N) is 1. The molecule has 0 bridgehead atoms. The number of aliphatic hydroxyl groups is 1. The second-order valence-electron chi connectivity index (χ2n) is 8.98. The quantitative estimate of drug-likeness (QED) is 0.542. The lowest BCUT2D eigenvalue weighted by Crippen LogP contribution is -2.43. The van der Waals surface area contributed by atoms with Crippen molar-refractivity contribution in [3.05, 3.63) is 46.6 Å². The van der Waals surface area contributed by atoms with Crippen LogP contribution in [0.25, 0.3) is 0 Å². The molecule has 0 radical (unpaired) electrons. The number of nitrogens with zero attached hydrogens (tertiary/aromatic N) is 3. The van der Waals surface area contributed by atoms with Gasteiger partial charge in [-0.15, -0.1) is 0 Å². The van der Waals surface area contributed by atoms with E-state index in [1.165, 1.54) is 0 Å². The van der Waals surface area contributed by atoms with Crippen LogP contribution in [0.4, 0.5) is 5.82 Å². The van der Waals surface area contributed by atoms with Crippen LogP contribution in [-0.2, 0) is 6.54 Å². The number of aliphatic hydroxyl groups excluding tert-OH is 1. The van der Waals surface area contributed by atoms with Gasteiger partial charge in [0.2, 0.25) is 0 Å². The molecular weight excluding hydrogens is 468 g/mol. The van der Waals surface area contributed by atoms with E-state index in [-0.39, 0.29) is 5.91 Å². The van der Waals surface area contributed by atoms with Crippen LogP contribution < -0.4 is 19.7 Å². The van der Waals surface area contributed by atoms with Crippen molar-refractivity contribution in [3.8, 4) is 11.5 Å². The molecule has 1 atom stereocenters. The maximum atomic E-state index is 12.8. The van der Waals surface area contributed by atoms with Gasteiger partial charge in [0, 0.05) is 31.9 Å². The molecule has 1 aromatic carbocycles. The average Bonchev–Trinajstić information content (AvgIpc) is 3.32. The minimum absolute atomic E-state index is 0.0885. The number of amides is 1. The highest BCUT2D eigenvalue weighted by atomic mass is 35.5. The third kappa shape index (κ3) is 6.18. The van der Waals surface area contributed by atoms with Gasteiger partial charge in [-0.1, -0.05) is 11.6 Å². The Hall–Kier alpha value is -2.55. The first-order valence-corrected chi connectivity index (χ1v) is 12.9. The fourth-order valence-electron chi connectivity index (χ4n) is 4.74. The Morgan fingerprint density at radius 3 is 2.40 bits per heavy atom. The van der Waals surface area contributed by atoms with E-state index >= 15 is 0 Å². The number of halogens is 1. The second kappa shape index (κ2) is 11.9. The summed E-state index contributed by atoms with van der Waals surface area (Å²) in [6.45, 7) is 8.34. The van der Waals surface area contributed by atoms with Crippen molar-refractivity contribution in [1.29, 1.82) is 0 Å². The molecule has 2 fully saturated rings. The topological polar surface area (TPSA) is 87.2 Å².